The SMILES string of the molecule is OC(COc1ccc(CNCCn2ccc3ccccc32)cc1)CN1CCCCC1. The van der Waals surface area contributed by atoms with Gasteiger partial charge >= 0.3 is 0 Å². The molecule has 1 aliphatic rings. The van der Waals surface area contributed by atoms with Crippen LogP contribution < -0.4 is 10.1 Å². The second kappa shape index (κ2) is 10.6. The molecule has 2 heterocycles. The molecule has 3 aromatic rings. The maximum atomic E-state index is 10.2. The summed E-state index contributed by atoms with van der Waals surface area (Å²) in [6.07, 6.45) is 5.51. The summed E-state index contributed by atoms with van der Waals surface area (Å²) in [5, 5.41) is 15.0. The number of aliphatic hydroxyl groups is 1. The van der Waals surface area contributed by atoms with E-state index in [4.69, 9.17) is 4.74 Å². The van der Waals surface area contributed by atoms with Gasteiger partial charge < -0.3 is 24.6 Å². The number of aromatic nitrogens is 1. The molecule has 1 aliphatic heterocycles. The van der Waals surface area contributed by atoms with E-state index in [1.807, 2.05) is 12.1 Å². The van der Waals surface area contributed by atoms with Crippen molar-refractivity contribution in [3.8, 4) is 5.75 Å². The molecule has 1 atom stereocenters. The number of piperidine rings is 1. The van der Waals surface area contributed by atoms with E-state index in [2.05, 4.69) is 63.4 Å². The molecular formula is C25H33N3O2. The zero-order valence-electron chi connectivity index (χ0n) is 17.7. The summed E-state index contributed by atoms with van der Waals surface area (Å²) >= 11 is 0. The summed E-state index contributed by atoms with van der Waals surface area (Å²) in [4.78, 5) is 2.34. The second-order valence-electron chi connectivity index (χ2n) is 8.21. The van der Waals surface area contributed by atoms with Gasteiger partial charge in [-0.15, -0.1) is 0 Å². The third-order valence-electron chi connectivity index (χ3n) is 5.82. The molecule has 5 heteroatoms. The minimum atomic E-state index is -0.436. The molecule has 0 spiro atoms. The first-order valence-corrected chi connectivity index (χ1v) is 11.1. The van der Waals surface area contributed by atoms with E-state index < -0.39 is 6.10 Å². The molecular weight excluding hydrogens is 374 g/mol. The van der Waals surface area contributed by atoms with Gasteiger partial charge in [-0.25, -0.2) is 0 Å². The topological polar surface area (TPSA) is 49.7 Å². The van der Waals surface area contributed by atoms with E-state index in [1.165, 1.54) is 35.7 Å². The highest BCUT2D eigenvalue weighted by Crippen LogP contribution is 2.15. The summed E-state index contributed by atoms with van der Waals surface area (Å²) in [5.41, 5.74) is 2.51. The van der Waals surface area contributed by atoms with Crippen molar-refractivity contribution >= 4 is 10.9 Å². The highest BCUT2D eigenvalue weighted by atomic mass is 16.5. The van der Waals surface area contributed by atoms with Crippen LogP contribution >= 0.6 is 0 Å². The number of ether oxygens (including phenoxy) is 1. The number of hydrogen-bond donors (Lipinski definition) is 2. The number of para-hydroxylation sites is 1. The minimum Gasteiger partial charge on any atom is -0.491 e. The summed E-state index contributed by atoms with van der Waals surface area (Å²) in [5.74, 6) is 0.815. The van der Waals surface area contributed by atoms with Crippen molar-refractivity contribution < 1.29 is 9.84 Å². The number of nitrogens with zero attached hydrogens (tertiary/aromatic N) is 2. The Kier molecular flexibility index (Phi) is 7.40. The maximum Gasteiger partial charge on any atom is 0.119 e. The molecule has 1 fully saturated rings. The van der Waals surface area contributed by atoms with Crippen LogP contribution in [0.25, 0.3) is 10.9 Å². The zero-order valence-corrected chi connectivity index (χ0v) is 17.7. The van der Waals surface area contributed by atoms with Gasteiger partial charge in [-0.05, 0) is 61.1 Å². The third kappa shape index (κ3) is 5.85. The molecule has 0 aliphatic carbocycles. The molecule has 5 nitrogen and oxygen atoms in total. The van der Waals surface area contributed by atoms with Crippen molar-refractivity contribution in [2.75, 3.05) is 32.8 Å². The van der Waals surface area contributed by atoms with Gasteiger partial charge in [0.2, 0.25) is 0 Å². The second-order valence-corrected chi connectivity index (χ2v) is 8.21. The van der Waals surface area contributed by atoms with Crippen LogP contribution in [-0.4, -0.2) is 53.5 Å². The first kappa shape index (κ1) is 20.9. The van der Waals surface area contributed by atoms with Crippen LogP contribution in [0.4, 0.5) is 0 Å². The molecule has 2 aromatic carbocycles. The van der Waals surface area contributed by atoms with Gasteiger partial charge in [0.25, 0.3) is 0 Å². The predicted octanol–water partition coefficient (Wildman–Crippen LogP) is 3.66. The summed E-state index contributed by atoms with van der Waals surface area (Å²) in [6.45, 7) is 5.94. The van der Waals surface area contributed by atoms with Gasteiger partial charge in [-0.1, -0.05) is 36.8 Å². The average molecular weight is 408 g/mol. The molecule has 2 N–H and O–H groups in total. The Morgan fingerprint density at radius 1 is 0.967 bits per heavy atom. The fourth-order valence-corrected chi connectivity index (χ4v) is 4.16. The lowest BCUT2D eigenvalue weighted by molar-refractivity contribution is 0.0617. The Labute approximate surface area is 179 Å². The van der Waals surface area contributed by atoms with Crippen molar-refractivity contribution in [2.45, 2.75) is 38.5 Å². The van der Waals surface area contributed by atoms with Gasteiger partial charge in [-0.2, -0.15) is 0 Å². The van der Waals surface area contributed by atoms with Crippen molar-refractivity contribution in [3.63, 3.8) is 0 Å². The van der Waals surface area contributed by atoms with Crippen LogP contribution in [0, 0.1) is 0 Å². The van der Waals surface area contributed by atoms with E-state index in [0.29, 0.717) is 13.2 Å². The molecule has 160 valence electrons. The standard InChI is InChI=1S/C25H33N3O2/c29-23(19-27-14-4-1-5-15-27)20-30-24-10-8-21(9-11-24)18-26-13-17-28-16-12-22-6-2-3-7-25(22)28/h2-3,6-12,16,23,26,29H,1,4-5,13-15,17-20H2. The van der Waals surface area contributed by atoms with E-state index in [9.17, 15) is 5.11 Å². The van der Waals surface area contributed by atoms with Crippen molar-refractivity contribution in [2.24, 2.45) is 0 Å². The molecule has 1 aromatic heterocycles. The third-order valence-corrected chi connectivity index (χ3v) is 5.82. The van der Waals surface area contributed by atoms with Crippen LogP contribution in [0.15, 0.2) is 60.8 Å². The lowest BCUT2D eigenvalue weighted by Gasteiger charge is -2.28. The quantitative estimate of drug-likeness (QED) is 0.504. The molecule has 1 unspecified atom stereocenters. The lowest BCUT2D eigenvalue weighted by Crippen LogP contribution is -2.38. The number of β-amino-alcohol motifs (C(OH)–C–C–N with tert-alkyl or cyclic N) is 1. The van der Waals surface area contributed by atoms with Gasteiger partial charge in [0, 0.05) is 37.9 Å². The summed E-state index contributed by atoms with van der Waals surface area (Å²) < 4.78 is 8.07. The number of rotatable bonds is 10. The van der Waals surface area contributed by atoms with E-state index in [-0.39, 0.29) is 0 Å². The minimum absolute atomic E-state index is 0.346. The zero-order chi connectivity index (χ0) is 20.6. The normalized spacial score (nSPS) is 16.0. The van der Waals surface area contributed by atoms with Gasteiger partial charge in [0.1, 0.15) is 18.5 Å². The Balaban J connectivity index is 1.15. The van der Waals surface area contributed by atoms with E-state index in [1.54, 1.807) is 0 Å². The highest BCUT2D eigenvalue weighted by Gasteiger charge is 2.15. The fraction of sp³-hybridized carbons (Fsp3) is 0.440. The fourth-order valence-electron chi connectivity index (χ4n) is 4.16. The largest absolute Gasteiger partial charge is 0.491 e. The van der Waals surface area contributed by atoms with Crippen LogP contribution in [-0.2, 0) is 13.1 Å². The number of benzene rings is 2. The Hall–Kier alpha value is -2.34. The summed E-state index contributed by atoms with van der Waals surface area (Å²) in [6, 6.07) is 18.8. The van der Waals surface area contributed by atoms with Crippen LogP contribution in [0.1, 0.15) is 24.8 Å². The molecule has 0 bridgehead atoms. The molecule has 1 saturated heterocycles. The number of fused-ring (bicyclic) bond motifs is 1. The summed E-state index contributed by atoms with van der Waals surface area (Å²) in [7, 11) is 0. The molecule has 0 saturated carbocycles. The van der Waals surface area contributed by atoms with E-state index >= 15 is 0 Å². The monoisotopic (exact) mass is 407 g/mol. The predicted molar refractivity (Wildman–Crippen MR) is 122 cm³/mol. The first-order chi connectivity index (χ1) is 14.8. The van der Waals surface area contributed by atoms with Crippen LogP contribution in [0.5, 0.6) is 5.75 Å². The van der Waals surface area contributed by atoms with Crippen LogP contribution in [0.3, 0.4) is 0 Å². The molecule has 30 heavy (non-hydrogen) atoms. The van der Waals surface area contributed by atoms with Crippen molar-refractivity contribution in [3.05, 3.63) is 66.4 Å². The molecule has 0 amide bonds. The van der Waals surface area contributed by atoms with Gasteiger partial charge in [0.15, 0.2) is 0 Å². The van der Waals surface area contributed by atoms with Crippen molar-refractivity contribution in [1.29, 1.82) is 0 Å². The number of hydrogen-bond acceptors (Lipinski definition) is 4. The first-order valence-electron chi connectivity index (χ1n) is 11.1. The highest BCUT2D eigenvalue weighted by molar-refractivity contribution is 5.79. The number of likely N-dealkylation sites (tertiary alicyclic amines) is 1. The number of aliphatic hydroxyl groups excluding tert-OH is 1. The Morgan fingerprint density at radius 2 is 1.77 bits per heavy atom. The van der Waals surface area contributed by atoms with Crippen molar-refractivity contribution in [1.82, 2.24) is 14.8 Å². The smallest absolute Gasteiger partial charge is 0.119 e. The average Bonchev–Trinajstić information content (AvgIpc) is 3.20. The molecule has 4 rings (SSSR count). The Morgan fingerprint density at radius 3 is 2.60 bits per heavy atom. The lowest BCUT2D eigenvalue weighted by atomic mass is 10.1. The van der Waals surface area contributed by atoms with Gasteiger partial charge in [0.05, 0.1) is 0 Å². The van der Waals surface area contributed by atoms with Crippen LogP contribution in [0.2, 0.25) is 0 Å². The maximum absolute atomic E-state index is 10.2. The Bertz CT molecular complexity index is 900. The van der Waals surface area contributed by atoms with E-state index in [0.717, 1.165) is 38.5 Å². The molecule has 0 radical (unpaired) electrons. The van der Waals surface area contributed by atoms with Gasteiger partial charge in [-0.3, -0.25) is 0 Å². The number of nitrogens with one attached hydrogen (secondary N) is 1.